The van der Waals surface area contributed by atoms with Gasteiger partial charge in [-0.2, -0.15) is 0 Å². The van der Waals surface area contributed by atoms with Crippen molar-refractivity contribution in [1.82, 2.24) is 14.5 Å². The highest BCUT2D eigenvalue weighted by atomic mass is 32.2. The first-order chi connectivity index (χ1) is 14.3. The van der Waals surface area contributed by atoms with Gasteiger partial charge in [-0.15, -0.1) is 11.3 Å². The van der Waals surface area contributed by atoms with Gasteiger partial charge in [0.1, 0.15) is 4.70 Å². The summed E-state index contributed by atoms with van der Waals surface area (Å²) in [5.41, 5.74) is 2.31. The number of nitrogens with zero attached hydrogens (tertiary/aromatic N) is 3. The summed E-state index contributed by atoms with van der Waals surface area (Å²) in [6.45, 7) is 3.71. The molecule has 0 fully saturated rings. The number of hydrogen-bond acceptors (Lipinski definition) is 6. The predicted octanol–water partition coefficient (Wildman–Crippen LogP) is 3.14. The number of thioether (sulfide) groups is 1. The molecule has 0 bridgehead atoms. The molecule has 2 aromatic heterocycles. The molecule has 7 nitrogen and oxygen atoms in total. The van der Waals surface area contributed by atoms with E-state index in [2.05, 4.69) is 10.3 Å². The van der Waals surface area contributed by atoms with Gasteiger partial charge in [-0.05, 0) is 36.4 Å². The maximum absolute atomic E-state index is 12.8. The predicted molar refractivity (Wildman–Crippen MR) is 122 cm³/mol. The van der Waals surface area contributed by atoms with Gasteiger partial charge >= 0.3 is 0 Å². The van der Waals surface area contributed by atoms with E-state index in [4.69, 9.17) is 0 Å². The van der Waals surface area contributed by atoms with Crippen molar-refractivity contribution in [3.05, 3.63) is 51.6 Å². The minimum Gasteiger partial charge on any atom is -0.335 e. The number of benzene rings is 1. The number of rotatable bonds is 7. The van der Waals surface area contributed by atoms with Crippen molar-refractivity contribution >= 4 is 50.8 Å². The van der Waals surface area contributed by atoms with E-state index >= 15 is 0 Å². The molecule has 9 heteroatoms. The third kappa shape index (κ3) is 4.73. The highest BCUT2D eigenvalue weighted by molar-refractivity contribution is 8.00. The molecular weight excluding hydrogens is 420 g/mol. The standard InChI is InChI=1S/C21H24N4O3S2/c1-5-14-8-6-7-9-15(14)22-17(26)12-24(3)19(27)13(2)30-21-23-16-10-11-29-18(16)20(28)25(21)4/h6-11,13H,5,12H2,1-4H3,(H,22,26). The lowest BCUT2D eigenvalue weighted by Gasteiger charge is -2.21. The summed E-state index contributed by atoms with van der Waals surface area (Å²) >= 11 is 2.56. The second-order valence-electron chi connectivity index (χ2n) is 6.91. The average molecular weight is 445 g/mol. The first kappa shape index (κ1) is 22.0. The number of aromatic nitrogens is 2. The summed E-state index contributed by atoms with van der Waals surface area (Å²) in [5, 5.41) is 4.67. The van der Waals surface area contributed by atoms with Crippen LogP contribution in [0.5, 0.6) is 0 Å². The lowest BCUT2D eigenvalue weighted by molar-refractivity contribution is -0.132. The molecule has 3 aromatic rings. The zero-order valence-corrected chi connectivity index (χ0v) is 19.0. The lowest BCUT2D eigenvalue weighted by Crippen LogP contribution is -2.39. The van der Waals surface area contributed by atoms with Gasteiger partial charge in [0.15, 0.2) is 5.16 Å². The smallest absolute Gasteiger partial charge is 0.271 e. The Kier molecular flexibility index (Phi) is 6.94. The molecule has 2 amide bonds. The van der Waals surface area contributed by atoms with Crippen LogP contribution in [0.2, 0.25) is 0 Å². The number of nitrogens with one attached hydrogen (secondary N) is 1. The van der Waals surface area contributed by atoms with Crippen LogP contribution in [0.15, 0.2) is 45.7 Å². The molecule has 158 valence electrons. The number of amides is 2. The molecule has 0 radical (unpaired) electrons. The molecule has 1 aromatic carbocycles. The monoisotopic (exact) mass is 444 g/mol. The number of fused-ring (bicyclic) bond motifs is 1. The Hall–Kier alpha value is -2.65. The molecule has 30 heavy (non-hydrogen) atoms. The third-order valence-electron chi connectivity index (χ3n) is 4.71. The van der Waals surface area contributed by atoms with E-state index in [1.165, 1.54) is 32.6 Å². The number of hydrogen-bond donors (Lipinski definition) is 1. The summed E-state index contributed by atoms with van der Waals surface area (Å²) in [4.78, 5) is 43.5. The van der Waals surface area contributed by atoms with Gasteiger partial charge in [0, 0.05) is 19.8 Å². The SMILES string of the molecule is CCc1ccccc1NC(=O)CN(C)C(=O)C(C)Sc1nc2ccsc2c(=O)n1C. The van der Waals surface area contributed by atoms with E-state index in [-0.39, 0.29) is 23.9 Å². The van der Waals surface area contributed by atoms with Crippen LogP contribution in [0.3, 0.4) is 0 Å². The third-order valence-corrected chi connectivity index (χ3v) is 6.73. The second kappa shape index (κ2) is 9.44. The fourth-order valence-corrected chi connectivity index (χ4v) is 4.82. The first-order valence-corrected chi connectivity index (χ1v) is 11.3. The average Bonchev–Trinajstić information content (AvgIpc) is 3.20. The number of thiophene rings is 1. The van der Waals surface area contributed by atoms with E-state index in [1.54, 1.807) is 27.1 Å². The number of aryl methyl sites for hydroxylation is 1. The number of para-hydroxylation sites is 1. The Balaban J connectivity index is 1.65. The number of carbonyl (C=O) groups excluding carboxylic acids is 2. The van der Waals surface area contributed by atoms with E-state index in [0.717, 1.165) is 17.7 Å². The van der Waals surface area contributed by atoms with Gasteiger partial charge < -0.3 is 10.2 Å². The van der Waals surface area contributed by atoms with Gasteiger partial charge in [0.25, 0.3) is 5.56 Å². The van der Waals surface area contributed by atoms with Crippen LogP contribution in [0.4, 0.5) is 5.69 Å². The molecule has 3 rings (SSSR count). The van der Waals surface area contributed by atoms with Gasteiger partial charge in [0.05, 0.1) is 17.3 Å². The summed E-state index contributed by atoms with van der Waals surface area (Å²) < 4.78 is 2.06. The lowest BCUT2D eigenvalue weighted by atomic mass is 10.1. The van der Waals surface area contributed by atoms with Gasteiger partial charge in [-0.3, -0.25) is 19.0 Å². The van der Waals surface area contributed by atoms with Crippen molar-refractivity contribution < 1.29 is 9.59 Å². The molecule has 0 aliphatic heterocycles. The van der Waals surface area contributed by atoms with Gasteiger partial charge in [-0.1, -0.05) is 36.9 Å². The largest absolute Gasteiger partial charge is 0.335 e. The highest BCUT2D eigenvalue weighted by Crippen LogP contribution is 2.24. The fourth-order valence-electron chi connectivity index (χ4n) is 3.03. The molecular formula is C21H24N4O3S2. The molecule has 1 atom stereocenters. The Labute approximate surface area is 183 Å². The van der Waals surface area contributed by atoms with Crippen LogP contribution in [-0.2, 0) is 23.1 Å². The summed E-state index contributed by atoms with van der Waals surface area (Å²) in [6.07, 6.45) is 0.805. The minimum atomic E-state index is -0.500. The summed E-state index contributed by atoms with van der Waals surface area (Å²) in [7, 11) is 3.25. The first-order valence-electron chi connectivity index (χ1n) is 9.55. The number of carbonyl (C=O) groups is 2. The van der Waals surface area contributed by atoms with Crippen molar-refractivity contribution in [2.45, 2.75) is 30.7 Å². The van der Waals surface area contributed by atoms with Crippen molar-refractivity contribution in [2.75, 3.05) is 18.9 Å². The van der Waals surface area contributed by atoms with Crippen LogP contribution in [0.1, 0.15) is 19.4 Å². The van der Waals surface area contributed by atoms with Crippen LogP contribution >= 0.6 is 23.1 Å². The number of likely N-dealkylation sites (N-methyl/N-ethyl adjacent to an activating group) is 1. The zero-order valence-electron chi connectivity index (χ0n) is 17.3. The van der Waals surface area contributed by atoms with Crippen LogP contribution in [0.25, 0.3) is 10.2 Å². The maximum atomic E-state index is 12.8. The molecule has 0 saturated carbocycles. The molecule has 1 N–H and O–H groups in total. The van der Waals surface area contributed by atoms with E-state index in [9.17, 15) is 14.4 Å². The molecule has 1 unspecified atom stereocenters. The Morgan fingerprint density at radius 2 is 2.03 bits per heavy atom. The van der Waals surface area contributed by atoms with E-state index < -0.39 is 5.25 Å². The Morgan fingerprint density at radius 3 is 2.77 bits per heavy atom. The molecule has 0 spiro atoms. The van der Waals surface area contributed by atoms with E-state index in [0.29, 0.717) is 15.4 Å². The fraction of sp³-hybridized carbons (Fsp3) is 0.333. The minimum absolute atomic E-state index is 0.0578. The number of anilines is 1. The molecule has 0 aliphatic rings. The highest BCUT2D eigenvalue weighted by Gasteiger charge is 2.23. The zero-order chi connectivity index (χ0) is 21.8. The topological polar surface area (TPSA) is 84.3 Å². The van der Waals surface area contributed by atoms with E-state index in [1.807, 2.05) is 36.6 Å². The normalized spacial score (nSPS) is 12.0. The van der Waals surface area contributed by atoms with Crippen LogP contribution in [0, 0.1) is 0 Å². The van der Waals surface area contributed by atoms with Crippen molar-refractivity contribution in [2.24, 2.45) is 7.05 Å². The second-order valence-corrected chi connectivity index (χ2v) is 9.13. The van der Waals surface area contributed by atoms with Crippen LogP contribution < -0.4 is 10.9 Å². The van der Waals surface area contributed by atoms with Gasteiger partial charge in [0.2, 0.25) is 11.8 Å². The van der Waals surface area contributed by atoms with Crippen molar-refractivity contribution in [3.8, 4) is 0 Å². The Bertz CT molecular complexity index is 1140. The maximum Gasteiger partial charge on any atom is 0.271 e. The molecule has 2 heterocycles. The van der Waals surface area contributed by atoms with Crippen molar-refractivity contribution in [1.29, 1.82) is 0 Å². The Morgan fingerprint density at radius 1 is 1.30 bits per heavy atom. The van der Waals surface area contributed by atoms with Crippen molar-refractivity contribution in [3.63, 3.8) is 0 Å². The molecule has 0 saturated heterocycles. The summed E-state index contributed by atoms with van der Waals surface area (Å²) in [6, 6.07) is 9.40. The van der Waals surface area contributed by atoms with Crippen LogP contribution in [-0.4, -0.2) is 45.1 Å². The summed E-state index contributed by atoms with van der Waals surface area (Å²) in [5.74, 6) is -0.465. The quantitative estimate of drug-likeness (QED) is 0.447. The molecule has 0 aliphatic carbocycles. The van der Waals surface area contributed by atoms with Gasteiger partial charge in [-0.25, -0.2) is 4.98 Å².